The highest BCUT2D eigenvalue weighted by Gasteiger charge is 2.08. The quantitative estimate of drug-likeness (QED) is 0.468. The van der Waals surface area contributed by atoms with E-state index in [-0.39, 0.29) is 0 Å². The molecule has 0 atom stereocenters. The van der Waals surface area contributed by atoms with Crippen LogP contribution < -0.4 is 15.4 Å². The van der Waals surface area contributed by atoms with E-state index in [4.69, 9.17) is 9.15 Å². The van der Waals surface area contributed by atoms with E-state index < -0.39 is 0 Å². The molecule has 3 N–H and O–H groups in total. The first-order chi connectivity index (χ1) is 12.3. The van der Waals surface area contributed by atoms with Gasteiger partial charge in [0.15, 0.2) is 11.7 Å². The standard InChI is InChI=1S/C17H20N6O2/c1-18-17(19-10-12-5-7-13(24-2)8-6-12)20-11-15-21-16(23-22-15)14-4-3-9-25-14/h3-9H,10-11H2,1-2H3,(H2,18,19,20)(H,21,22,23). The van der Waals surface area contributed by atoms with Crippen molar-refractivity contribution in [2.24, 2.45) is 4.99 Å². The zero-order valence-corrected chi connectivity index (χ0v) is 14.1. The molecule has 0 radical (unpaired) electrons. The maximum atomic E-state index is 5.27. The Labute approximate surface area is 145 Å². The predicted molar refractivity (Wildman–Crippen MR) is 94.1 cm³/mol. The number of aromatic amines is 1. The normalized spacial score (nSPS) is 11.4. The fourth-order valence-electron chi connectivity index (χ4n) is 2.21. The highest BCUT2D eigenvalue weighted by molar-refractivity contribution is 5.79. The number of furan rings is 1. The number of guanidine groups is 1. The van der Waals surface area contributed by atoms with Crippen LogP contribution in [0.3, 0.4) is 0 Å². The predicted octanol–water partition coefficient (Wildman–Crippen LogP) is 1.94. The van der Waals surface area contributed by atoms with Gasteiger partial charge in [-0.25, -0.2) is 4.98 Å². The van der Waals surface area contributed by atoms with Crippen LogP contribution in [0.1, 0.15) is 11.4 Å². The van der Waals surface area contributed by atoms with Crippen molar-refractivity contribution < 1.29 is 9.15 Å². The van der Waals surface area contributed by atoms with Crippen molar-refractivity contribution in [1.82, 2.24) is 25.8 Å². The number of rotatable bonds is 6. The molecule has 25 heavy (non-hydrogen) atoms. The van der Waals surface area contributed by atoms with Gasteiger partial charge in [-0.1, -0.05) is 12.1 Å². The Morgan fingerprint density at radius 2 is 2.00 bits per heavy atom. The fraction of sp³-hybridized carbons (Fsp3) is 0.235. The van der Waals surface area contributed by atoms with Gasteiger partial charge in [0.05, 0.1) is 19.9 Å². The number of H-pyrrole nitrogens is 1. The average Bonchev–Trinajstić information content (AvgIpc) is 3.34. The molecule has 0 bridgehead atoms. The Hall–Kier alpha value is -3.29. The van der Waals surface area contributed by atoms with Crippen molar-refractivity contribution in [3.63, 3.8) is 0 Å². The number of nitrogens with zero attached hydrogens (tertiary/aromatic N) is 3. The first kappa shape index (κ1) is 16.6. The minimum Gasteiger partial charge on any atom is -0.497 e. The lowest BCUT2D eigenvalue weighted by Gasteiger charge is -2.11. The second-order valence-corrected chi connectivity index (χ2v) is 5.21. The molecular formula is C17H20N6O2. The summed E-state index contributed by atoms with van der Waals surface area (Å²) in [6, 6.07) is 11.5. The molecule has 130 valence electrons. The number of hydrogen-bond acceptors (Lipinski definition) is 5. The number of aliphatic imine (C=N–C) groups is 1. The van der Waals surface area contributed by atoms with Crippen LogP contribution in [0.25, 0.3) is 11.6 Å². The Morgan fingerprint density at radius 3 is 2.68 bits per heavy atom. The second-order valence-electron chi connectivity index (χ2n) is 5.21. The van der Waals surface area contributed by atoms with E-state index in [2.05, 4.69) is 30.8 Å². The monoisotopic (exact) mass is 340 g/mol. The smallest absolute Gasteiger partial charge is 0.216 e. The summed E-state index contributed by atoms with van der Waals surface area (Å²) < 4.78 is 10.4. The van der Waals surface area contributed by atoms with Gasteiger partial charge in [-0.05, 0) is 29.8 Å². The van der Waals surface area contributed by atoms with Crippen LogP contribution in [0, 0.1) is 0 Å². The molecule has 0 saturated carbocycles. The third-order valence-corrected chi connectivity index (χ3v) is 3.54. The zero-order valence-electron chi connectivity index (χ0n) is 14.1. The van der Waals surface area contributed by atoms with Gasteiger partial charge in [0.25, 0.3) is 0 Å². The van der Waals surface area contributed by atoms with Crippen LogP contribution in [-0.4, -0.2) is 35.3 Å². The first-order valence-electron chi connectivity index (χ1n) is 7.81. The number of hydrogen-bond donors (Lipinski definition) is 3. The number of nitrogens with one attached hydrogen (secondary N) is 3. The highest BCUT2D eigenvalue weighted by atomic mass is 16.5. The molecule has 8 nitrogen and oxygen atoms in total. The third kappa shape index (κ3) is 4.37. The maximum Gasteiger partial charge on any atom is 0.216 e. The Kier molecular flexibility index (Phi) is 5.30. The lowest BCUT2D eigenvalue weighted by Crippen LogP contribution is -2.36. The van der Waals surface area contributed by atoms with Gasteiger partial charge in [0.2, 0.25) is 5.82 Å². The molecule has 0 aliphatic carbocycles. The van der Waals surface area contributed by atoms with Gasteiger partial charge in [-0.3, -0.25) is 10.1 Å². The SMILES string of the molecule is CN=C(NCc1ccc(OC)cc1)NCc1nc(-c2ccco2)n[nH]1. The summed E-state index contributed by atoms with van der Waals surface area (Å²) in [6.07, 6.45) is 1.59. The molecule has 0 saturated heterocycles. The van der Waals surface area contributed by atoms with E-state index in [9.17, 15) is 0 Å². The minimum absolute atomic E-state index is 0.468. The van der Waals surface area contributed by atoms with Crippen LogP contribution in [0.5, 0.6) is 5.75 Å². The zero-order chi connectivity index (χ0) is 17.5. The molecule has 3 rings (SSSR count). The van der Waals surface area contributed by atoms with E-state index in [0.717, 1.165) is 11.3 Å². The summed E-state index contributed by atoms with van der Waals surface area (Å²) in [5.74, 6) is 3.36. The van der Waals surface area contributed by atoms with Crippen molar-refractivity contribution in [1.29, 1.82) is 0 Å². The van der Waals surface area contributed by atoms with Gasteiger partial charge in [0, 0.05) is 13.6 Å². The fourth-order valence-corrected chi connectivity index (χ4v) is 2.21. The molecule has 0 fully saturated rings. The number of ether oxygens (including phenoxy) is 1. The van der Waals surface area contributed by atoms with E-state index in [0.29, 0.717) is 36.5 Å². The number of aromatic nitrogens is 3. The third-order valence-electron chi connectivity index (χ3n) is 3.54. The average molecular weight is 340 g/mol. The van der Waals surface area contributed by atoms with Crippen molar-refractivity contribution in [3.05, 3.63) is 54.0 Å². The summed E-state index contributed by atoms with van der Waals surface area (Å²) in [5, 5.41) is 13.4. The van der Waals surface area contributed by atoms with Crippen LogP contribution in [0.2, 0.25) is 0 Å². The lowest BCUT2D eigenvalue weighted by atomic mass is 10.2. The molecule has 1 aromatic carbocycles. The molecular weight excluding hydrogens is 320 g/mol. The second kappa shape index (κ2) is 8.00. The number of benzene rings is 1. The molecule has 0 aliphatic heterocycles. The van der Waals surface area contributed by atoms with Gasteiger partial charge in [-0.2, -0.15) is 0 Å². The molecule has 0 unspecified atom stereocenters. The molecule has 0 spiro atoms. The topological polar surface area (TPSA) is 100 Å². The molecule has 0 amide bonds. The van der Waals surface area contributed by atoms with E-state index in [1.807, 2.05) is 30.3 Å². The summed E-state index contributed by atoms with van der Waals surface area (Å²) in [6.45, 7) is 1.12. The van der Waals surface area contributed by atoms with Crippen LogP contribution in [0.4, 0.5) is 0 Å². The molecule has 2 heterocycles. The van der Waals surface area contributed by atoms with Gasteiger partial charge in [-0.15, -0.1) is 5.10 Å². The summed E-state index contributed by atoms with van der Waals surface area (Å²) >= 11 is 0. The van der Waals surface area contributed by atoms with E-state index >= 15 is 0 Å². The number of methoxy groups -OCH3 is 1. The summed E-state index contributed by atoms with van der Waals surface area (Å²) in [4.78, 5) is 8.57. The summed E-state index contributed by atoms with van der Waals surface area (Å²) in [5.41, 5.74) is 1.13. The Balaban J connectivity index is 1.50. The van der Waals surface area contributed by atoms with Crippen LogP contribution in [0.15, 0.2) is 52.1 Å². The highest BCUT2D eigenvalue weighted by Crippen LogP contribution is 2.14. The largest absolute Gasteiger partial charge is 0.497 e. The lowest BCUT2D eigenvalue weighted by molar-refractivity contribution is 0.414. The van der Waals surface area contributed by atoms with Crippen molar-refractivity contribution >= 4 is 5.96 Å². The molecule has 8 heteroatoms. The molecule has 2 aromatic heterocycles. The van der Waals surface area contributed by atoms with Crippen LogP contribution in [-0.2, 0) is 13.1 Å². The van der Waals surface area contributed by atoms with Crippen molar-refractivity contribution in [2.75, 3.05) is 14.2 Å². The maximum absolute atomic E-state index is 5.27. The van der Waals surface area contributed by atoms with E-state index in [1.165, 1.54) is 0 Å². The van der Waals surface area contributed by atoms with Gasteiger partial charge in [0.1, 0.15) is 11.6 Å². The Bertz CT molecular complexity index is 808. The minimum atomic E-state index is 0.468. The van der Waals surface area contributed by atoms with Gasteiger partial charge < -0.3 is 19.8 Å². The van der Waals surface area contributed by atoms with Crippen LogP contribution >= 0.6 is 0 Å². The van der Waals surface area contributed by atoms with Crippen molar-refractivity contribution in [3.8, 4) is 17.3 Å². The first-order valence-corrected chi connectivity index (χ1v) is 7.81. The molecule has 3 aromatic rings. The summed E-state index contributed by atoms with van der Waals surface area (Å²) in [7, 11) is 3.37. The molecule has 0 aliphatic rings. The Morgan fingerprint density at radius 1 is 1.20 bits per heavy atom. The van der Waals surface area contributed by atoms with Crippen molar-refractivity contribution in [2.45, 2.75) is 13.1 Å². The van der Waals surface area contributed by atoms with Gasteiger partial charge >= 0.3 is 0 Å². The van der Waals surface area contributed by atoms with E-state index in [1.54, 1.807) is 26.5 Å².